The average Bonchev–Trinajstić information content (AvgIpc) is 2.70. The lowest BCUT2D eigenvalue weighted by Crippen LogP contribution is -2.40. The van der Waals surface area contributed by atoms with Crippen LogP contribution in [0.4, 0.5) is 5.69 Å². The molecule has 1 aromatic carbocycles. The molecular weight excluding hydrogens is 370 g/mol. The lowest BCUT2D eigenvalue weighted by Gasteiger charge is -2.36. The van der Waals surface area contributed by atoms with Crippen molar-refractivity contribution in [3.8, 4) is 0 Å². The van der Waals surface area contributed by atoms with Gasteiger partial charge in [0.1, 0.15) is 12.4 Å². The van der Waals surface area contributed by atoms with Crippen LogP contribution in [0.3, 0.4) is 0 Å². The third-order valence-corrected chi connectivity index (χ3v) is 5.20. The Morgan fingerprint density at radius 1 is 0.897 bits per heavy atom. The molecule has 0 bridgehead atoms. The Labute approximate surface area is 173 Å². The van der Waals surface area contributed by atoms with Gasteiger partial charge in [-0.15, -0.1) is 0 Å². The van der Waals surface area contributed by atoms with E-state index in [9.17, 15) is 9.59 Å². The summed E-state index contributed by atoms with van der Waals surface area (Å²) in [6.07, 6.45) is 0. The van der Waals surface area contributed by atoms with E-state index in [1.54, 1.807) is 4.90 Å². The van der Waals surface area contributed by atoms with Gasteiger partial charge in [0.15, 0.2) is 0 Å². The minimum absolute atomic E-state index is 0.00566. The van der Waals surface area contributed by atoms with E-state index in [0.717, 1.165) is 16.8 Å². The third kappa shape index (κ3) is 4.64. The van der Waals surface area contributed by atoms with E-state index >= 15 is 0 Å². The van der Waals surface area contributed by atoms with Gasteiger partial charge >= 0.3 is 11.9 Å². The molecular formula is C23H33NO5. The molecule has 0 radical (unpaired) electrons. The smallest absolute Gasteiger partial charge is 0.355 e. The van der Waals surface area contributed by atoms with Gasteiger partial charge < -0.3 is 19.1 Å². The SMILES string of the molecule is COC(=O)C1=C(C(=O)OC)N(c2c(C(C)C)cc(C(C)C)cc2C(C)C)COC1. The van der Waals surface area contributed by atoms with E-state index in [-0.39, 0.29) is 36.4 Å². The molecule has 160 valence electrons. The lowest BCUT2D eigenvalue weighted by atomic mass is 9.86. The Hall–Kier alpha value is -2.34. The fraction of sp³-hybridized carbons (Fsp3) is 0.565. The van der Waals surface area contributed by atoms with Gasteiger partial charge in [-0.1, -0.05) is 53.7 Å². The van der Waals surface area contributed by atoms with Crippen LogP contribution in [0, 0.1) is 0 Å². The molecule has 1 aromatic rings. The number of hydrogen-bond acceptors (Lipinski definition) is 6. The number of ether oxygens (including phenoxy) is 3. The Morgan fingerprint density at radius 2 is 1.41 bits per heavy atom. The van der Waals surface area contributed by atoms with Gasteiger partial charge in [0.25, 0.3) is 0 Å². The molecule has 0 aliphatic carbocycles. The maximum Gasteiger partial charge on any atom is 0.355 e. The van der Waals surface area contributed by atoms with Crippen molar-refractivity contribution in [3.63, 3.8) is 0 Å². The van der Waals surface area contributed by atoms with Crippen LogP contribution in [0.5, 0.6) is 0 Å². The van der Waals surface area contributed by atoms with E-state index < -0.39 is 11.9 Å². The summed E-state index contributed by atoms with van der Waals surface area (Å²) >= 11 is 0. The van der Waals surface area contributed by atoms with Crippen molar-refractivity contribution in [1.82, 2.24) is 0 Å². The molecule has 2 rings (SSSR count). The predicted octanol–water partition coefficient (Wildman–Crippen LogP) is 4.45. The summed E-state index contributed by atoms with van der Waals surface area (Å²) in [5.74, 6) is -0.373. The molecule has 0 spiro atoms. The number of carbonyl (C=O) groups is 2. The molecule has 1 aliphatic heterocycles. The minimum Gasteiger partial charge on any atom is -0.466 e. The van der Waals surface area contributed by atoms with Crippen LogP contribution in [-0.4, -0.2) is 39.5 Å². The Bertz CT molecular complexity index is 778. The molecule has 0 aromatic heterocycles. The van der Waals surface area contributed by atoms with Crippen LogP contribution in [-0.2, 0) is 23.8 Å². The fourth-order valence-corrected chi connectivity index (χ4v) is 3.55. The highest BCUT2D eigenvalue weighted by Crippen LogP contribution is 2.41. The second-order valence-corrected chi connectivity index (χ2v) is 8.23. The van der Waals surface area contributed by atoms with Gasteiger partial charge in [-0.2, -0.15) is 0 Å². The van der Waals surface area contributed by atoms with Crippen molar-refractivity contribution in [1.29, 1.82) is 0 Å². The van der Waals surface area contributed by atoms with Crippen molar-refractivity contribution in [2.45, 2.75) is 59.3 Å². The largest absolute Gasteiger partial charge is 0.466 e. The highest BCUT2D eigenvalue weighted by molar-refractivity contribution is 6.03. The summed E-state index contributed by atoms with van der Waals surface area (Å²) in [4.78, 5) is 26.9. The van der Waals surface area contributed by atoms with Crippen LogP contribution < -0.4 is 4.90 Å². The third-order valence-electron chi connectivity index (χ3n) is 5.20. The maximum atomic E-state index is 12.7. The van der Waals surface area contributed by atoms with E-state index in [2.05, 4.69) is 53.7 Å². The monoisotopic (exact) mass is 403 g/mol. The number of rotatable bonds is 6. The first-order chi connectivity index (χ1) is 13.6. The van der Waals surface area contributed by atoms with Crippen molar-refractivity contribution >= 4 is 17.6 Å². The molecule has 0 atom stereocenters. The first-order valence-corrected chi connectivity index (χ1v) is 10.1. The summed E-state index contributed by atoms with van der Waals surface area (Å²) in [6.45, 7) is 13.0. The molecule has 6 heteroatoms. The van der Waals surface area contributed by atoms with Gasteiger partial charge in [-0.05, 0) is 34.4 Å². The van der Waals surface area contributed by atoms with Gasteiger partial charge in [-0.25, -0.2) is 9.59 Å². The van der Waals surface area contributed by atoms with Crippen molar-refractivity contribution in [2.75, 3.05) is 32.5 Å². The minimum atomic E-state index is -0.592. The summed E-state index contributed by atoms with van der Waals surface area (Å²) in [5.41, 5.74) is 4.72. The predicted molar refractivity (Wildman–Crippen MR) is 113 cm³/mol. The molecule has 0 amide bonds. The molecule has 6 nitrogen and oxygen atoms in total. The van der Waals surface area contributed by atoms with Gasteiger partial charge in [0.05, 0.1) is 32.1 Å². The lowest BCUT2D eigenvalue weighted by molar-refractivity contribution is -0.140. The van der Waals surface area contributed by atoms with Gasteiger partial charge in [0, 0.05) is 0 Å². The van der Waals surface area contributed by atoms with Crippen molar-refractivity contribution < 1.29 is 23.8 Å². The number of methoxy groups -OCH3 is 2. The normalized spacial score (nSPS) is 14.8. The van der Waals surface area contributed by atoms with Crippen LogP contribution in [0.25, 0.3) is 0 Å². The van der Waals surface area contributed by atoms with Crippen LogP contribution in [0.2, 0.25) is 0 Å². The van der Waals surface area contributed by atoms with E-state index in [1.807, 2.05) is 0 Å². The number of esters is 2. The topological polar surface area (TPSA) is 65.1 Å². The number of nitrogens with zero attached hydrogens (tertiary/aromatic N) is 1. The van der Waals surface area contributed by atoms with Gasteiger partial charge in [-0.3, -0.25) is 0 Å². The summed E-state index contributed by atoms with van der Waals surface area (Å²) in [7, 11) is 2.60. The molecule has 0 saturated heterocycles. The van der Waals surface area contributed by atoms with Crippen molar-refractivity contribution in [3.05, 3.63) is 40.1 Å². The zero-order valence-electron chi connectivity index (χ0n) is 18.8. The zero-order valence-corrected chi connectivity index (χ0v) is 18.8. The standard InChI is InChI=1S/C23H33NO5/c1-13(2)16-9-17(14(3)4)20(18(10-16)15(5)6)24-12-29-11-19(22(25)27-7)21(24)23(26)28-8/h9-10,13-15H,11-12H2,1-8H3. The van der Waals surface area contributed by atoms with Crippen LogP contribution >= 0.6 is 0 Å². The van der Waals surface area contributed by atoms with Crippen molar-refractivity contribution in [2.24, 2.45) is 0 Å². The molecule has 29 heavy (non-hydrogen) atoms. The van der Waals surface area contributed by atoms with E-state index in [1.165, 1.54) is 19.8 Å². The quantitative estimate of drug-likeness (QED) is 0.654. The van der Waals surface area contributed by atoms with Gasteiger partial charge in [0.2, 0.25) is 0 Å². The Kier molecular flexibility index (Phi) is 7.47. The maximum absolute atomic E-state index is 12.7. The van der Waals surface area contributed by atoms with E-state index in [0.29, 0.717) is 5.92 Å². The summed E-state index contributed by atoms with van der Waals surface area (Å²) in [6, 6.07) is 4.38. The first-order valence-electron chi connectivity index (χ1n) is 10.1. The molecule has 0 N–H and O–H groups in total. The summed E-state index contributed by atoms with van der Waals surface area (Å²) < 4.78 is 15.6. The Morgan fingerprint density at radius 3 is 1.83 bits per heavy atom. The number of benzene rings is 1. The summed E-state index contributed by atoms with van der Waals surface area (Å²) in [5, 5.41) is 0. The van der Waals surface area contributed by atoms with E-state index in [4.69, 9.17) is 14.2 Å². The number of anilines is 1. The number of hydrogen-bond donors (Lipinski definition) is 0. The molecule has 0 fully saturated rings. The highest BCUT2D eigenvalue weighted by atomic mass is 16.5. The molecule has 0 unspecified atom stereocenters. The number of carbonyl (C=O) groups excluding carboxylic acids is 2. The average molecular weight is 404 g/mol. The Balaban J connectivity index is 2.85. The second kappa shape index (κ2) is 9.44. The second-order valence-electron chi connectivity index (χ2n) is 8.23. The fourth-order valence-electron chi connectivity index (χ4n) is 3.55. The first kappa shape index (κ1) is 22.9. The van der Waals surface area contributed by atoms with Crippen LogP contribution in [0.15, 0.2) is 23.4 Å². The molecule has 0 saturated carbocycles. The highest BCUT2D eigenvalue weighted by Gasteiger charge is 2.35. The molecule has 1 aliphatic rings. The molecule has 1 heterocycles. The van der Waals surface area contributed by atoms with Crippen LogP contribution in [0.1, 0.15) is 76.0 Å². The zero-order chi connectivity index (χ0) is 21.9.